The summed E-state index contributed by atoms with van der Waals surface area (Å²) in [5, 5.41) is 0. The van der Waals surface area contributed by atoms with Crippen LogP contribution in [0.3, 0.4) is 0 Å². The lowest BCUT2D eigenvalue weighted by molar-refractivity contribution is 0.400. The van der Waals surface area contributed by atoms with Crippen LogP contribution in [0.15, 0.2) is 42.7 Å². The summed E-state index contributed by atoms with van der Waals surface area (Å²) in [5.41, 5.74) is 3.89. The fraction of sp³-hybridized carbons (Fsp3) is 0.143. The summed E-state index contributed by atoms with van der Waals surface area (Å²) >= 11 is 0. The summed E-state index contributed by atoms with van der Waals surface area (Å²) in [6.07, 6.45) is 3.61. The number of fused-ring (bicyclic) bond motifs is 1. The van der Waals surface area contributed by atoms with Crippen LogP contribution in [0.1, 0.15) is 5.69 Å². The van der Waals surface area contributed by atoms with Crippen molar-refractivity contribution in [3.8, 4) is 17.1 Å². The first-order chi connectivity index (χ1) is 8.81. The number of benzene rings is 1. The number of aryl methyl sites for hydroxylation is 1. The first kappa shape index (κ1) is 10.8. The van der Waals surface area contributed by atoms with Gasteiger partial charge in [-0.15, -0.1) is 0 Å². The van der Waals surface area contributed by atoms with Gasteiger partial charge in [0.25, 0.3) is 5.88 Å². The maximum atomic E-state index is 5.24. The van der Waals surface area contributed by atoms with Gasteiger partial charge in [-0.2, -0.15) is 0 Å². The molecule has 0 amide bonds. The van der Waals surface area contributed by atoms with Gasteiger partial charge in [-0.3, -0.25) is 4.40 Å². The van der Waals surface area contributed by atoms with Crippen LogP contribution in [0.5, 0.6) is 5.88 Å². The van der Waals surface area contributed by atoms with Gasteiger partial charge in [-0.05, 0) is 6.92 Å². The molecule has 0 aliphatic carbocycles. The molecule has 0 atom stereocenters. The van der Waals surface area contributed by atoms with E-state index in [9.17, 15) is 0 Å². The van der Waals surface area contributed by atoms with Crippen LogP contribution in [-0.2, 0) is 0 Å². The SMILES string of the molecule is COc1nccn2c(C)c(-c3ccccc3)nc12. The summed E-state index contributed by atoms with van der Waals surface area (Å²) < 4.78 is 7.23. The molecule has 0 aliphatic rings. The molecule has 4 heteroatoms. The number of nitrogens with zero attached hydrogens (tertiary/aromatic N) is 3. The van der Waals surface area contributed by atoms with Crippen LogP contribution in [0, 0.1) is 6.92 Å². The maximum Gasteiger partial charge on any atom is 0.258 e. The van der Waals surface area contributed by atoms with Crippen molar-refractivity contribution in [1.82, 2.24) is 14.4 Å². The highest BCUT2D eigenvalue weighted by atomic mass is 16.5. The Morgan fingerprint density at radius 3 is 2.67 bits per heavy atom. The molecule has 90 valence electrons. The highest BCUT2D eigenvalue weighted by molar-refractivity contribution is 5.68. The third-order valence-electron chi connectivity index (χ3n) is 2.99. The number of hydrogen-bond acceptors (Lipinski definition) is 3. The molecule has 2 aromatic heterocycles. The number of hydrogen-bond donors (Lipinski definition) is 0. The molecule has 2 heterocycles. The van der Waals surface area contributed by atoms with Crippen LogP contribution in [0.25, 0.3) is 16.9 Å². The Hall–Kier alpha value is -2.36. The maximum absolute atomic E-state index is 5.24. The Kier molecular flexibility index (Phi) is 2.48. The van der Waals surface area contributed by atoms with E-state index >= 15 is 0 Å². The largest absolute Gasteiger partial charge is 0.478 e. The Labute approximate surface area is 105 Å². The molecule has 3 aromatic rings. The molecular formula is C14H13N3O. The first-order valence-corrected chi connectivity index (χ1v) is 5.74. The number of rotatable bonds is 2. The van der Waals surface area contributed by atoms with Gasteiger partial charge in [0.2, 0.25) is 5.65 Å². The lowest BCUT2D eigenvalue weighted by atomic mass is 10.1. The van der Waals surface area contributed by atoms with Crippen molar-refractivity contribution in [2.75, 3.05) is 7.11 Å². The molecule has 0 radical (unpaired) electrons. The van der Waals surface area contributed by atoms with Crippen LogP contribution in [0.2, 0.25) is 0 Å². The summed E-state index contributed by atoms with van der Waals surface area (Å²) in [6, 6.07) is 10.1. The smallest absolute Gasteiger partial charge is 0.258 e. The third kappa shape index (κ3) is 1.54. The molecule has 0 saturated heterocycles. The zero-order valence-electron chi connectivity index (χ0n) is 10.3. The predicted molar refractivity (Wildman–Crippen MR) is 69.7 cm³/mol. The minimum atomic E-state index is 0.544. The van der Waals surface area contributed by atoms with E-state index < -0.39 is 0 Å². The standard InChI is InChI=1S/C14H13N3O/c1-10-12(11-6-4-3-5-7-11)16-13-14(18-2)15-8-9-17(10)13/h3-9H,1-2H3. The second-order valence-corrected chi connectivity index (χ2v) is 4.04. The van der Waals surface area contributed by atoms with Crippen molar-refractivity contribution in [2.24, 2.45) is 0 Å². The Morgan fingerprint density at radius 2 is 1.94 bits per heavy atom. The van der Waals surface area contributed by atoms with E-state index in [4.69, 9.17) is 4.74 Å². The van der Waals surface area contributed by atoms with E-state index in [0.29, 0.717) is 5.88 Å². The van der Waals surface area contributed by atoms with E-state index in [1.807, 2.05) is 35.7 Å². The average molecular weight is 239 g/mol. The van der Waals surface area contributed by atoms with Crippen LogP contribution < -0.4 is 4.74 Å². The van der Waals surface area contributed by atoms with Gasteiger partial charge in [0.15, 0.2) is 0 Å². The molecule has 0 aliphatic heterocycles. The lowest BCUT2D eigenvalue weighted by Gasteiger charge is -2.00. The molecule has 0 bridgehead atoms. The molecule has 0 unspecified atom stereocenters. The van der Waals surface area contributed by atoms with Crippen molar-refractivity contribution in [3.63, 3.8) is 0 Å². The molecule has 3 rings (SSSR count). The zero-order chi connectivity index (χ0) is 12.5. The Bertz CT molecular complexity index is 689. The van der Waals surface area contributed by atoms with Crippen LogP contribution in [-0.4, -0.2) is 21.5 Å². The Balaban J connectivity index is 2.29. The van der Waals surface area contributed by atoms with E-state index in [1.54, 1.807) is 13.3 Å². The molecule has 0 N–H and O–H groups in total. The lowest BCUT2D eigenvalue weighted by Crippen LogP contribution is -1.94. The number of methoxy groups -OCH3 is 1. The third-order valence-corrected chi connectivity index (χ3v) is 2.99. The number of ether oxygens (including phenoxy) is 1. The van der Waals surface area contributed by atoms with E-state index in [1.165, 1.54) is 0 Å². The first-order valence-electron chi connectivity index (χ1n) is 5.74. The van der Waals surface area contributed by atoms with Crippen molar-refractivity contribution in [2.45, 2.75) is 6.92 Å². The van der Waals surface area contributed by atoms with Gasteiger partial charge < -0.3 is 4.74 Å². The van der Waals surface area contributed by atoms with Crippen molar-refractivity contribution in [1.29, 1.82) is 0 Å². The predicted octanol–water partition coefficient (Wildman–Crippen LogP) is 2.71. The summed E-state index contributed by atoms with van der Waals surface area (Å²) in [7, 11) is 1.61. The molecule has 0 fully saturated rings. The van der Waals surface area contributed by atoms with E-state index in [0.717, 1.165) is 22.6 Å². The van der Waals surface area contributed by atoms with Crippen LogP contribution in [0.4, 0.5) is 0 Å². The van der Waals surface area contributed by atoms with Crippen molar-refractivity contribution in [3.05, 3.63) is 48.4 Å². The van der Waals surface area contributed by atoms with Gasteiger partial charge in [-0.25, -0.2) is 9.97 Å². The molecule has 0 spiro atoms. The highest BCUT2D eigenvalue weighted by Crippen LogP contribution is 2.26. The van der Waals surface area contributed by atoms with Gasteiger partial charge in [0.1, 0.15) is 0 Å². The van der Waals surface area contributed by atoms with E-state index in [2.05, 4.69) is 22.1 Å². The second kappa shape index (κ2) is 4.14. The minimum absolute atomic E-state index is 0.544. The average Bonchev–Trinajstić information content (AvgIpc) is 2.77. The van der Waals surface area contributed by atoms with Gasteiger partial charge in [0.05, 0.1) is 12.8 Å². The number of imidazole rings is 1. The molecule has 4 nitrogen and oxygen atoms in total. The van der Waals surface area contributed by atoms with Gasteiger partial charge >= 0.3 is 0 Å². The van der Waals surface area contributed by atoms with Gasteiger partial charge in [0, 0.05) is 23.7 Å². The summed E-state index contributed by atoms with van der Waals surface area (Å²) in [4.78, 5) is 8.80. The van der Waals surface area contributed by atoms with Crippen LogP contribution >= 0.6 is 0 Å². The minimum Gasteiger partial charge on any atom is -0.478 e. The summed E-state index contributed by atoms with van der Waals surface area (Å²) in [5.74, 6) is 0.544. The van der Waals surface area contributed by atoms with Crippen molar-refractivity contribution < 1.29 is 4.74 Å². The number of aromatic nitrogens is 3. The Morgan fingerprint density at radius 1 is 1.17 bits per heavy atom. The fourth-order valence-electron chi connectivity index (χ4n) is 2.09. The van der Waals surface area contributed by atoms with Crippen molar-refractivity contribution >= 4 is 5.65 Å². The second-order valence-electron chi connectivity index (χ2n) is 4.04. The summed E-state index contributed by atoms with van der Waals surface area (Å²) in [6.45, 7) is 2.04. The van der Waals surface area contributed by atoms with Gasteiger partial charge in [-0.1, -0.05) is 30.3 Å². The highest BCUT2D eigenvalue weighted by Gasteiger charge is 2.13. The monoisotopic (exact) mass is 239 g/mol. The molecule has 0 saturated carbocycles. The fourth-order valence-corrected chi connectivity index (χ4v) is 2.09. The molecule has 1 aromatic carbocycles. The van der Waals surface area contributed by atoms with E-state index in [-0.39, 0.29) is 0 Å². The normalized spacial score (nSPS) is 10.8. The quantitative estimate of drug-likeness (QED) is 0.690. The molecule has 18 heavy (non-hydrogen) atoms. The topological polar surface area (TPSA) is 39.4 Å². The zero-order valence-corrected chi connectivity index (χ0v) is 10.3. The molecular weight excluding hydrogens is 226 g/mol.